The molecule has 1 saturated heterocycles. The van der Waals surface area contributed by atoms with E-state index in [0.717, 1.165) is 44.2 Å². The van der Waals surface area contributed by atoms with Gasteiger partial charge in [0.25, 0.3) is 0 Å². The molecule has 1 fully saturated rings. The van der Waals surface area contributed by atoms with E-state index in [0.29, 0.717) is 0 Å². The molecule has 3 nitrogen and oxygen atoms in total. The minimum absolute atomic E-state index is 0.187. The Bertz CT molecular complexity index is 352. The number of hydrogen-bond donors (Lipinski definition) is 1. The molecule has 0 saturated carbocycles. The van der Waals surface area contributed by atoms with Crippen molar-refractivity contribution in [2.75, 3.05) is 49.1 Å². The topological polar surface area (TPSA) is 26.7 Å². The first-order chi connectivity index (χ1) is 9.29. The van der Waals surface area contributed by atoms with Crippen LogP contribution in [0.1, 0.15) is 6.92 Å². The third-order valence-electron chi connectivity index (χ3n) is 3.48. The number of thioether (sulfide) groups is 1. The molecule has 1 atom stereocenters. The molecule has 0 amide bonds. The lowest BCUT2D eigenvalue weighted by Crippen LogP contribution is -2.48. The van der Waals surface area contributed by atoms with Crippen LogP contribution in [0.3, 0.4) is 0 Å². The van der Waals surface area contributed by atoms with E-state index in [1.54, 1.807) is 0 Å². The van der Waals surface area contributed by atoms with Gasteiger partial charge in [-0.25, -0.2) is 0 Å². The Balaban J connectivity index is 1.73. The molecule has 1 aromatic rings. The van der Waals surface area contributed by atoms with Gasteiger partial charge in [0.05, 0.1) is 6.10 Å². The number of aliphatic hydroxyl groups is 1. The van der Waals surface area contributed by atoms with Gasteiger partial charge in [0.2, 0.25) is 0 Å². The van der Waals surface area contributed by atoms with E-state index in [9.17, 15) is 5.11 Å². The van der Waals surface area contributed by atoms with Gasteiger partial charge in [0.1, 0.15) is 0 Å². The highest BCUT2D eigenvalue weighted by Crippen LogP contribution is 2.15. The molecule has 0 aromatic heterocycles. The summed E-state index contributed by atoms with van der Waals surface area (Å²) in [6.45, 7) is 7.15. The summed E-state index contributed by atoms with van der Waals surface area (Å²) in [5, 5.41) is 9.94. The van der Waals surface area contributed by atoms with Crippen molar-refractivity contribution < 1.29 is 5.11 Å². The van der Waals surface area contributed by atoms with Gasteiger partial charge in [0, 0.05) is 44.2 Å². The van der Waals surface area contributed by atoms with Crippen LogP contribution in [-0.2, 0) is 0 Å². The largest absolute Gasteiger partial charge is 0.391 e. The summed E-state index contributed by atoms with van der Waals surface area (Å²) in [5.41, 5.74) is 1.31. The summed E-state index contributed by atoms with van der Waals surface area (Å²) in [4.78, 5) is 4.80. The summed E-state index contributed by atoms with van der Waals surface area (Å²) in [6, 6.07) is 10.6. The Morgan fingerprint density at radius 1 is 1.16 bits per heavy atom. The van der Waals surface area contributed by atoms with Gasteiger partial charge in [-0.15, -0.1) is 0 Å². The number of benzene rings is 1. The SMILES string of the molecule is CCSCC(O)CN1CCN(c2ccccc2)CC1. The molecule has 4 heteroatoms. The minimum Gasteiger partial charge on any atom is -0.391 e. The van der Waals surface area contributed by atoms with Gasteiger partial charge in [0.15, 0.2) is 0 Å². The first kappa shape index (κ1) is 14.7. The van der Waals surface area contributed by atoms with E-state index in [1.165, 1.54) is 5.69 Å². The Morgan fingerprint density at radius 2 is 1.84 bits per heavy atom. The first-order valence-corrected chi connectivity index (χ1v) is 8.23. The lowest BCUT2D eigenvalue weighted by Gasteiger charge is -2.36. The Hall–Kier alpha value is -0.710. The number of piperazine rings is 1. The number of aliphatic hydroxyl groups excluding tert-OH is 1. The van der Waals surface area contributed by atoms with Crippen molar-refractivity contribution in [1.29, 1.82) is 0 Å². The summed E-state index contributed by atoms with van der Waals surface area (Å²) in [5.74, 6) is 1.94. The maximum atomic E-state index is 9.94. The van der Waals surface area contributed by atoms with Crippen LogP contribution in [0, 0.1) is 0 Å². The van der Waals surface area contributed by atoms with Crippen LogP contribution in [0.15, 0.2) is 30.3 Å². The molecule has 2 rings (SSSR count). The second-order valence-electron chi connectivity index (χ2n) is 4.94. The predicted octanol–water partition coefficient (Wildman–Crippen LogP) is 1.92. The molecule has 1 aliphatic rings. The van der Waals surface area contributed by atoms with E-state index >= 15 is 0 Å². The molecule has 0 radical (unpaired) electrons. The van der Waals surface area contributed by atoms with Crippen molar-refractivity contribution in [2.24, 2.45) is 0 Å². The zero-order chi connectivity index (χ0) is 13.5. The van der Waals surface area contributed by atoms with Gasteiger partial charge in [-0.3, -0.25) is 4.90 Å². The molecule has 19 heavy (non-hydrogen) atoms. The number of anilines is 1. The van der Waals surface area contributed by atoms with Crippen molar-refractivity contribution in [3.05, 3.63) is 30.3 Å². The van der Waals surface area contributed by atoms with Crippen LogP contribution in [0.2, 0.25) is 0 Å². The quantitative estimate of drug-likeness (QED) is 0.861. The molecule has 0 aliphatic carbocycles. The van der Waals surface area contributed by atoms with Gasteiger partial charge < -0.3 is 10.0 Å². The molecule has 1 aromatic carbocycles. The van der Waals surface area contributed by atoms with E-state index in [-0.39, 0.29) is 6.10 Å². The third-order valence-corrected chi connectivity index (χ3v) is 4.51. The maximum Gasteiger partial charge on any atom is 0.0757 e. The van der Waals surface area contributed by atoms with E-state index in [1.807, 2.05) is 11.8 Å². The van der Waals surface area contributed by atoms with Crippen molar-refractivity contribution in [2.45, 2.75) is 13.0 Å². The fourth-order valence-electron chi connectivity index (χ4n) is 2.43. The highest BCUT2D eigenvalue weighted by Gasteiger charge is 2.19. The highest BCUT2D eigenvalue weighted by atomic mass is 32.2. The zero-order valence-electron chi connectivity index (χ0n) is 11.7. The summed E-state index contributed by atoms with van der Waals surface area (Å²) >= 11 is 1.82. The standard InChI is InChI=1S/C15H24N2OS/c1-2-19-13-15(18)12-16-8-10-17(11-9-16)14-6-4-3-5-7-14/h3-7,15,18H,2,8-13H2,1H3. The van der Waals surface area contributed by atoms with E-state index in [4.69, 9.17) is 0 Å². The van der Waals surface area contributed by atoms with Gasteiger partial charge >= 0.3 is 0 Å². The van der Waals surface area contributed by atoms with E-state index < -0.39 is 0 Å². The van der Waals surface area contributed by atoms with Crippen molar-refractivity contribution >= 4 is 17.4 Å². The molecular weight excluding hydrogens is 256 g/mol. The lowest BCUT2D eigenvalue weighted by molar-refractivity contribution is 0.126. The van der Waals surface area contributed by atoms with Crippen LogP contribution in [0.4, 0.5) is 5.69 Å². The predicted molar refractivity (Wildman–Crippen MR) is 84.1 cm³/mol. The zero-order valence-corrected chi connectivity index (χ0v) is 12.5. The lowest BCUT2D eigenvalue weighted by atomic mass is 10.2. The van der Waals surface area contributed by atoms with Crippen LogP contribution in [0.5, 0.6) is 0 Å². The number of rotatable bonds is 6. The second-order valence-corrected chi connectivity index (χ2v) is 6.26. The van der Waals surface area contributed by atoms with Crippen molar-refractivity contribution in [3.8, 4) is 0 Å². The van der Waals surface area contributed by atoms with Crippen LogP contribution in [0.25, 0.3) is 0 Å². The number of hydrogen-bond acceptors (Lipinski definition) is 4. The molecule has 1 unspecified atom stereocenters. The summed E-state index contributed by atoms with van der Waals surface area (Å²) in [7, 11) is 0. The maximum absolute atomic E-state index is 9.94. The first-order valence-electron chi connectivity index (χ1n) is 7.07. The molecule has 0 bridgehead atoms. The minimum atomic E-state index is -0.187. The summed E-state index contributed by atoms with van der Waals surface area (Å²) in [6.07, 6.45) is -0.187. The van der Waals surface area contributed by atoms with Gasteiger partial charge in [-0.1, -0.05) is 25.1 Å². The average Bonchev–Trinajstić information content (AvgIpc) is 2.47. The fraction of sp³-hybridized carbons (Fsp3) is 0.600. The normalized spacial score (nSPS) is 18.5. The number of para-hydroxylation sites is 1. The third kappa shape index (κ3) is 4.71. The molecule has 1 aliphatic heterocycles. The fourth-order valence-corrected chi connectivity index (χ4v) is 3.05. The van der Waals surface area contributed by atoms with Gasteiger partial charge in [-0.2, -0.15) is 11.8 Å². The molecular formula is C15H24N2OS. The number of nitrogens with zero attached hydrogens (tertiary/aromatic N) is 2. The molecule has 106 valence electrons. The second kappa shape index (κ2) is 7.78. The summed E-state index contributed by atoms with van der Waals surface area (Å²) < 4.78 is 0. The van der Waals surface area contributed by atoms with Crippen LogP contribution in [-0.4, -0.2) is 60.3 Å². The van der Waals surface area contributed by atoms with E-state index in [2.05, 4.69) is 47.1 Å². The Kier molecular flexibility index (Phi) is 6.01. The van der Waals surface area contributed by atoms with Crippen LogP contribution >= 0.6 is 11.8 Å². The smallest absolute Gasteiger partial charge is 0.0757 e. The Morgan fingerprint density at radius 3 is 2.47 bits per heavy atom. The van der Waals surface area contributed by atoms with Crippen molar-refractivity contribution in [1.82, 2.24) is 4.90 Å². The highest BCUT2D eigenvalue weighted by molar-refractivity contribution is 7.99. The average molecular weight is 280 g/mol. The molecule has 1 heterocycles. The van der Waals surface area contributed by atoms with Crippen molar-refractivity contribution in [3.63, 3.8) is 0 Å². The Labute approximate surface area is 120 Å². The van der Waals surface area contributed by atoms with Gasteiger partial charge in [-0.05, 0) is 17.9 Å². The molecule has 0 spiro atoms. The number of β-amino-alcohol motifs (C(OH)–C–C–N with tert-alkyl or cyclic N) is 1. The van der Waals surface area contributed by atoms with Crippen LogP contribution < -0.4 is 4.90 Å². The monoisotopic (exact) mass is 280 g/mol. The molecule has 1 N–H and O–H groups in total.